The molecule has 1 N–H and O–H groups in total. The van der Waals surface area contributed by atoms with E-state index in [2.05, 4.69) is 45.7 Å². The Hall–Kier alpha value is -5.72. The van der Waals surface area contributed by atoms with E-state index in [1.165, 1.54) is 46.5 Å². The van der Waals surface area contributed by atoms with E-state index in [9.17, 15) is 18.8 Å². The largest absolute Gasteiger partial charge is 0.416 e. The Morgan fingerprint density at radius 3 is 2.40 bits per heavy atom. The SMILES string of the molecule is CC.CCNC(=O)Cn1nc(-c2nnc(N3CCOCC3)s2)ccc1=O.O=c1ccc(-c2nnc(-c3cncc(Cl)c3)o2)cn1Cc1cncc(F)c1. The van der Waals surface area contributed by atoms with Crippen LogP contribution in [-0.2, 0) is 22.6 Å². The van der Waals surface area contributed by atoms with Gasteiger partial charge >= 0.3 is 0 Å². The zero-order valence-electron chi connectivity index (χ0n) is 29.0. The molecule has 1 amide bonds. The number of amides is 1. The Morgan fingerprint density at radius 2 is 1.66 bits per heavy atom. The van der Waals surface area contributed by atoms with Crippen molar-refractivity contribution in [3.8, 4) is 33.6 Å². The van der Waals surface area contributed by atoms with Crippen molar-refractivity contribution in [1.29, 1.82) is 0 Å². The first-order valence-electron chi connectivity index (χ1n) is 16.5. The van der Waals surface area contributed by atoms with Gasteiger partial charge in [-0.1, -0.05) is 36.8 Å². The molecule has 276 valence electrons. The second kappa shape index (κ2) is 18.7. The monoisotopic (exact) mass is 763 g/mol. The van der Waals surface area contributed by atoms with E-state index >= 15 is 0 Å². The lowest BCUT2D eigenvalue weighted by Crippen LogP contribution is -2.36. The highest BCUT2D eigenvalue weighted by molar-refractivity contribution is 7.18. The Kier molecular flexibility index (Phi) is 13.6. The highest BCUT2D eigenvalue weighted by atomic mass is 35.5. The molecule has 19 heteroatoms. The van der Waals surface area contributed by atoms with Crippen LogP contribution >= 0.6 is 22.9 Å². The second-order valence-electron chi connectivity index (χ2n) is 10.9. The summed E-state index contributed by atoms with van der Waals surface area (Å²) in [6.07, 6.45) is 7.23. The number of morpholine rings is 1. The van der Waals surface area contributed by atoms with E-state index in [4.69, 9.17) is 20.8 Å². The molecule has 0 unspecified atom stereocenters. The molecule has 0 aromatic carbocycles. The first kappa shape index (κ1) is 38.5. The van der Waals surface area contributed by atoms with Crippen molar-refractivity contribution in [3.63, 3.8) is 0 Å². The Bertz CT molecular complexity index is 2250. The highest BCUT2D eigenvalue weighted by Crippen LogP contribution is 2.27. The number of hydrogen-bond acceptors (Lipinski definition) is 14. The molecule has 0 atom stereocenters. The molecule has 1 aliphatic rings. The van der Waals surface area contributed by atoms with Gasteiger partial charge in [-0.15, -0.1) is 20.4 Å². The van der Waals surface area contributed by atoms with Gasteiger partial charge in [0.15, 0.2) is 5.01 Å². The molecular formula is C34H35ClFN11O5S. The molecule has 0 aliphatic carbocycles. The normalized spacial score (nSPS) is 12.3. The molecule has 7 rings (SSSR count). The van der Waals surface area contributed by atoms with Gasteiger partial charge in [0, 0.05) is 56.6 Å². The third-order valence-corrected chi connectivity index (χ3v) is 8.38. The van der Waals surface area contributed by atoms with Gasteiger partial charge in [0.05, 0.1) is 42.1 Å². The van der Waals surface area contributed by atoms with Gasteiger partial charge in [-0.2, -0.15) is 5.10 Å². The average molecular weight is 764 g/mol. The zero-order chi connectivity index (χ0) is 37.7. The van der Waals surface area contributed by atoms with Gasteiger partial charge in [0.1, 0.15) is 18.1 Å². The van der Waals surface area contributed by atoms with Gasteiger partial charge in [0.25, 0.3) is 11.1 Å². The van der Waals surface area contributed by atoms with Gasteiger partial charge in [-0.3, -0.25) is 24.4 Å². The van der Waals surface area contributed by atoms with E-state index < -0.39 is 5.82 Å². The van der Waals surface area contributed by atoms with Crippen LogP contribution in [0.5, 0.6) is 0 Å². The van der Waals surface area contributed by atoms with Crippen LogP contribution in [0.2, 0.25) is 5.02 Å². The van der Waals surface area contributed by atoms with Crippen molar-refractivity contribution in [2.24, 2.45) is 0 Å². The molecular weight excluding hydrogens is 729 g/mol. The standard InChI is InChI=1S/C18H11ClFN5O2.C14H18N6O3S.C2H6/c19-14-4-13(6-22-7-14)18-24-23-17(27-18)12-1-2-16(26)25(10-12)9-11-3-15(20)8-21-5-11;1-2-15-11(21)9-20-12(22)4-3-10(18-20)13-16-17-14(24-13)19-5-7-23-8-6-19;1-2/h1-8,10H,9H2;3-4H,2,5-9H2,1H3,(H,15,21);1-2H3. The number of nitrogens with one attached hydrogen (secondary N) is 1. The van der Waals surface area contributed by atoms with Crippen LogP contribution in [0.1, 0.15) is 26.3 Å². The molecule has 1 saturated heterocycles. The van der Waals surface area contributed by atoms with Crippen molar-refractivity contribution >= 4 is 34.0 Å². The van der Waals surface area contributed by atoms with Gasteiger partial charge in [0.2, 0.25) is 22.8 Å². The molecule has 0 bridgehead atoms. The molecule has 7 heterocycles. The number of anilines is 1. The van der Waals surface area contributed by atoms with Gasteiger partial charge in [-0.25, -0.2) is 9.07 Å². The quantitative estimate of drug-likeness (QED) is 0.223. The molecule has 16 nitrogen and oxygen atoms in total. The van der Waals surface area contributed by atoms with Crippen LogP contribution in [0.25, 0.3) is 33.6 Å². The zero-order valence-corrected chi connectivity index (χ0v) is 30.6. The fourth-order valence-corrected chi connectivity index (χ4v) is 5.81. The average Bonchev–Trinajstić information content (AvgIpc) is 3.87. The fourth-order valence-electron chi connectivity index (χ4n) is 4.77. The summed E-state index contributed by atoms with van der Waals surface area (Å²) in [5, 5.41) is 25.1. The molecule has 1 fully saturated rings. The van der Waals surface area contributed by atoms with E-state index in [0.717, 1.165) is 29.1 Å². The van der Waals surface area contributed by atoms with Crippen molar-refractivity contribution in [2.75, 3.05) is 37.7 Å². The number of carbonyl (C=O) groups excluding carboxylic acids is 1. The Morgan fingerprint density at radius 1 is 0.925 bits per heavy atom. The summed E-state index contributed by atoms with van der Waals surface area (Å²) in [5.41, 5.74) is 1.64. The summed E-state index contributed by atoms with van der Waals surface area (Å²) in [6, 6.07) is 8.92. The minimum Gasteiger partial charge on any atom is -0.416 e. The van der Waals surface area contributed by atoms with Crippen LogP contribution in [0.3, 0.4) is 0 Å². The number of pyridine rings is 3. The maximum atomic E-state index is 13.3. The fraction of sp³-hybridized carbons (Fsp3) is 0.294. The molecule has 0 spiro atoms. The van der Waals surface area contributed by atoms with Crippen LogP contribution in [0, 0.1) is 5.82 Å². The maximum absolute atomic E-state index is 13.3. The van der Waals surface area contributed by atoms with E-state index in [-0.39, 0.29) is 41.9 Å². The lowest BCUT2D eigenvalue weighted by molar-refractivity contribution is -0.121. The van der Waals surface area contributed by atoms with Crippen molar-refractivity contribution in [1.82, 2.24) is 50.0 Å². The summed E-state index contributed by atoms with van der Waals surface area (Å²) in [4.78, 5) is 45.5. The summed E-state index contributed by atoms with van der Waals surface area (Å²) < 4.78 is 26.8. The second-order valence-corrected chi connectivity index (χ2v) is 12.2. The van der Waals surface area contributed by atoms with E-state index in [1.54, 1.807) is 30.6 Å². The maximum Gasteiger partial charge on any atom is 0.267 e. The van der Waals surface area contributed by atoms with Gasteiger partial charge < -0.3 is 23.9 Å². The number of hydrogen-bond donors (Lipinski definition) is 1. The van der Waals surface area contributed by atoms with E-state index in [0.29, 0.717) is 52.2 Å². The number of carbonyl (C=O) groups is 1. The number of halogens is 2. The van der Waals surface area contributed by atoms with Crippen LogP contribution in [0.15, 0.2) is 81.4 Å². The predicted molar refractivity (Wildman–Crippen MR) is 196 cm³/mol. The third-order valence-electron chi connectivity index (χ3n) is 7.17. The van der Waals surface area contributed by atoms with Crippen molar-refractivity contribution in [2.45, 2.75) is 33.9 Å². The van der Waals surface area contributed by atoms with Crippen LogP contribution in [-0.4, -0.2) is 83.5 Å². The first-order valence-corrected chi connectivity index (χ1v) is 17.7. The first-order chi connectivity index (χ1) is 25.7. The Labute approximate surface area is 311 Å². The summed E-state index contributed by atoms with van der Waals surface area (Å²) >= 11 is 7.33. The summed E-state index contributed by atoms with van der Waals surface area (Å²) in [7, 11) is 0. The number of ether oxygens (including phenoxy) is 1. The van der Waals surface area contributed by atoms with Crippen LogP contribution < -0.4 is 21.3 Å². The van der Waals surface area contributed by atoms with Crippen molar-refractivity contribution < 1.29 is 18.3 Å². The predicted octanol–water partition coefficient (Wildman–Crippen LogP) is 3.96. The van der Waals surface area contributed by atoms with Gasteiger partial charge in [-0.05, 0) is 36.8 Å². The lowest BCUT2D eigenvalue weighted by Gasteiger charge is -2.25. The molecule has 1 aliphatic heterocycles. The number of aromatic nitrogens is 9. The minimum atomic E-state index is -0.464. The molecule has 0 saturated carbocycles. The van der Waals surface area contributed by atoms with E-state index in [1.807, 2.05) is 20.8 Å². The van der Waals surface area contributed by atoms with Crippen molar-refractivity contribution in [3.05, 3.63) is 104 Å². The summed E-state index contributed by atoms with van der Waals surface area (Å²) in [5.74, 6) is -0.230. The highest BCUT2D eigenvalue weighted by Gasteiger charge is 2.18. The molecule has 6 aromatic heterocycles. The molecule has 53 heavy (non-hydrogen) atoms. The molecule has 6 aromatic rings. The topological polar surface area (TPSA) is 189 Å². The minimum absolute atomic E-state index is 0.115. The number of nitrogens with zero attached hydrogens (tertiary/aromatic N) is 10. The number of likely N-dealkylation sites (N-methyl/N-ethyl adjacent to an activating group) is 1. The summed E-state index contributed by atoms with van der Waals surface area (Å²) in [6.45, 7) is 9.27. The Balaban J connectivity index is 0.000000197. The third kappa shape index (κ3) is 10.4. The smallest absolute Gasteiger partial charge is 0.267 e. The number of rotatable bonds is 9. The van der Waals surface area contributed by atoms with Crippen LogP contribution in [0.4, 0.5) is 9.52 Å². The molecule has 0 radical (unpaired) electrons. The lowest BCUT2D eigenvalue weighted by atomic mass is 10.2.